The maximum absolute atomic E-state index is 11.5. The van der Waals surface area contributed by atoms with Crippen molar-refractivity contribution in [2.75, 3.05) is 6.54 Å². The zero-order valence-corrected chi connectivity index (χ0v) is 14.3. The quantitative estimate of drug-likeness (QED) is 0.539. The Kier molecular flexibility index (Phi) is 6.68. The second-order valence-electron chi connectivity index (χ2n) is 6.48. The topological polar surface area (TPSA) is 122 Å². The van der Waals surface area contributed by atoms with Crippen LogP contribution in [-0.2, 0) is 4.74 Å². The third-order valence-electron chi connectivity index (χ3n) is 3.34. The SMILES string of the molecule is Cc1c(C(O)C(O)CCNC(=O)OC(C)(C)C)cccc1[N+](=O)[O-]. The van der Waals surface area contributed by atoms with Gasteiger partial charge in [-0.05, 0) is 39.7 Å². The molecule has 2 atom stereocenters. The van der Waals surface area contributed by atoms with Gasteiger partial charge in [-0.25, -0.2) is 4.79 Å². The van der Waals surface area contributed by atoms with E-state index in [2.05, 4.69) is 5.32 Å². The molecule has 1 aromatic rings. The second-order valence-corrected chi connectivity index (χ2v) is 6.48. The summed E-state index contributed by atoms with van der Waals surface area (Å²) in [7, 11) is 0. The summed E-state index contributed by atoms with van der Waals surface area (Å²) < 4.78 is 5.06. The van der Waals surface area contributed by atoms with E-state index in [4.69, 9.17) is 4.74 Å². The molecule has 1 amide bonds. The highest BCUT2D eigenvalue weighted by Crippen LogP contribution is 2.28. The number of nitrogens with one attached hydrogen (secondary N) is 1. The molecule has 2 unspecified atom stereocenters. The number of benzene rings is 1. The lowest BCUT2D eigenvalue weighted by Gasteiger charge is -2.22. The Morgan fingerprint density at radius 1 is 1.38 bits per heavy atom. The highest BCUT2D eigenvalue weighted by Gasteiger charge is 2.24. The van der Waals surface area contributed by atoms with Crippen molar-refractivity contribution in [1.29, 1.82) is 0 Å². The number of amides is 1. The first-order chi connectivity index (χ1) is 11.0. The Bertz CT molecular complexity index is 597. The van der Waals surface area contributed by atoms with Crippen LogP contribution in [0.4, 0.5) is 10.5 Å². The van der Waals surface area contributed by atoms with Gasteiger partial charge >= 0.3 is 6.09 Å². The summed E-state index contributed by atoms with van der Waals surface area (Å²) in [6.07, 6.45) is -3.01. The molecule has 1 aromatic carbocycles. The standard InChI is InChI=1S/C16H24N2O6/c1-10-11(6-5-7-12(10)18(22)23)14(20)13(19)8-9-17-15(21)24-16(2,3)4/h5-7,13-14,19-20H,8-9H2,1-4H3,(H,17,21). The van der Waals surface area contributed by atoms with Gasteiger partial charge in [-0.3, -0.25) is 10.1 Å². The van der Waals surface area contributed by atoms with Crippen LogP contribution >= 0.6 is 0 Å². The van der Waals surface area contributed by atoms with Gasteiger partial charge in [-0.15, -0.1) is 0 Å². The summed E-state index contributed by atoms with van der Waals surface area (Å²) in [5, 5.41) is 33.7. The normalized spacial score (nSPS) is 13.9. The Balaban J connectivity index is 2.63. The zero-order chi connectivity index (χ0) is 18.5. The molecular weight excluding hydrogens is 316 g/mol. The van der Waals surface area contributed by atoms with Crippen LogP contribution in [0.3, 0.4) is 0 Å². The number of carbonyl (C=O) groups is 1. The molecule has 0 heterocycles. The largest absolute Gasteiger partial charge is 0.444 e. The van der Waals surface area contributed by atoms with Gasteiger partial charge in [0.1, 0.15) is 11.7 Å². The first-order valence-corrected chi connectivity index (χ1v) is 7.60. The Morgan fingerprint density at radius 3 is 2.54 bits per heavy atom. The van der Waals surface area contributed by atoms with E-state index in [9.17, 15) is 25.1 Å². The van der Waals surface area contributed by atoms with E-state index in [0.29, 0.717) is 5.56 Å². The van der Waals surface area contributed by atoms with Crippen molar-refractivity contribution in [2.45, 2.75) is 51.9 Å². The summed E-state index contributed by atoms with van der Waals surface area (Å²) in [5.41, 5.74) is -0.156. The Hall–Kier alpha value is -2.19. The first kappa shape index (κ1) is 19.9. The van der Waals surface area contributed by atoms with Crippen LogP contribution in [0.15, 0.2) is 18.2 Å². The minimum Gasteiger partial charge on any atom is -0.444 e. The predicted molar refractivity (Wildman–Crippen MR) is 87.7 cm³/mol. The molecule has 1 rings (SSSR count). The molecule has 134 valence electrons. The van der Waals surface area contributed by atoms with Gasteiger partial charge in [-0.1, -0.05) is 12.1 Å². The van der Waals surface area contributed by atoms with E-state index < -0.39 is 28.8 Å². The van der Waals surface area contributed by atoms with Crippen molar-refractivity contribution in [1.82, 2.24) is 5.32 Å². The van der Waals surface area contributed by atoms with Crippen LogP contribution in [0.2, 0.25) is 0 Å². The van der Waals surface area contributed by atoms with Gasteiger partial charge in [0, 0.05) is 18.2 Å². The molecular formula is C16H24N2O6. The second kappa shape index (κ2) is 8.07. The van der Waals surface area contributed by atoms with E-state index in [1.807, 2.05) is 0 Å². The number of aliphatic hydroxyl groups excluding tert-OH is 2. The van der Waals surface area contributed by atoms with Gasteiger partial charge < -0.3 is 20.3 Å². The van der Waals surface area contributed by atoms with E-state index in [-0.39, 0.29) is 24.2 Å². The summed E-state index contributed by atoms with van der Waals surface area (Å²) in [6.45, 7) is 6.81. The molecule has 0 aromatic heterocycles. The lowest BCUT2D eigenvalue weighted by molar-refractivity contribution is -0.385. The number of aliphatic hydroxyl groups is 2. The molecule has 0 saturated heterocycles. The highest BCUT2D eigenvalue weighted by atomic mass is 16.6. The minimum atomic E-state index is -1.29. The lowest BCUT2D eigenvalue weighted by atomic mass is 9.97. The van der Waals surface area contributed by atoms with Crippen molar-refractivity contribution in [3.05, 3.63) is 39.4 Å². The number of rotatable bonds is 6. The molecule has 8 heteroatoms. The third-order valence-corrected chi connectivity index (χ3v) is 3.34. The predicted octanol–water partition coefficient (Wildman–Crippen LogP) is 2.21. The summed E-state index contributed by atoms with van der Waals surface area (Å²) in [4.78, 5) is 21.9. The van der Waals surface area contributed by atoms with Crippen molar-refractivity contribution in [3.63, 3.8) is 0 Å². The monoisotopic (exact) mass is 340 g/mol. The number of hydrogen-bond donors (Lipinski definition) is 3. The number of nitrogens with zero attached hydrogens (tertiary/aromatic N) is 1. The fourth-order valence-corrected chi connectivity index (χ4v) is 2.16. The summed E-state index contributed by atoms with van der Waals surface area (Å²) in [5.74, 6) is 0. The number of alkyl carbamates (subject to hydrolysis) is 1. The maximum Gasteiger partial charge on any atom is 0.407 e. The number of nitro benzene ring substituents is 1. The minimum absolute atomic E-state index is 0.0720. The van der Waals surface area contributed by atoms with Gasteiger partial charge in [0.2, 0.25) is 0 Å². The van der Waals surface area contributed by atoms with Gasteiger partial charge in [-0.2, -0.15) is 0 Å². The van der Waals surface area contributed by atoms with E-state index >= 15 is 0 Å². The molecule has 8 nitrogen and oxygen atoms in total. The smallest absolute Gasteiger partial charge is 0.407 e. The molecule has 0 aliphatic rings. The molecule has 24 heavy (non-hydrogen) atoms. The Morgan fingerprint density at radius 2 is 2.00 bits per heavy atom. The fourth-order valence-electron chi connectivity index (χ4n) is 2.16. The molecule has 0 bridgehead atoms. The zero-order valence-electron chi connectivity index (χ0n) is 14.3. The van der Waals surface area contributed by atoms with Crippen LogP contribution < -0.4 is 5.32 Å². The number of hydrogen-bond acceptors (Lipinski definition) is 6. The van der Waals surface area contributed by atoms with Gasteiger partial charge in [0.15, 0.2) is 0 Å². The molecule has 0 radical (unpaired) electrons. The summed E-state index contributed by atoms with van der Waals surface area (Å²) in [6, 6.07) is 4.31. The maximum atomic E-state index is 11.5. The number of nitro groups is 1. The number of ether oxygens (including phenoxy) is 1. The van der Waals surface area contributed by atoms with Crippen LogP contribution in [-0.4, -0.2) is 39.5 Å². The van der Waals surface area contributed by atoms with Crippen molar-refractivity contribution < 1.29 is 24.7 Å². The van der Waals surface area contributed by atoms with Crippen LogP contribution in [0.1, 0.15) is 44.4 Å². The average molecular weight is 340 g/mol. The highest BCUT2D eigenvalue weighted by molar-refractivity contribution is 5.67. The Labute approximate surface area is 140 Å². The first-order valence-electron chi connectivity index (χ1n) is 7.60. The van der Waals surface area contributed by atoms with Crippen LogP contribution in [0.5, 0.6) is 0 Å². The third kappa shape index (κ3) is 5.78. The van der Waals surface area contributed by atoms with E-state index in [0.717, 1.165) is 0 Å². The van der Waals surface area contributed by atoms with Crippen molar-refractivity contribution in [2.24, 2.45) is 0 Å². The molecule has 0 saturated carbocycles. The number of carbonyl (C=O) groups excluding carboxylic acids is 1. The van der Waals surface area contributed by atoms with E-state index in [1.165, 1.54) is 25.1 Å². The molecule has 0 spiro atoms. The molecule has 0 aliphatic heterocycles. The lowest BCUT2D eigenvalue weighted by Crippen LogP contribution is -2.34. The molecule has 3 N–H and O–H groups in total. The van der Waals surface area contributed by atoms with Gasteiger partial charge in [0.05, 0.1) is 11.0 Å². The van der Waals surface area contributed by atoms with Crippen molar-refractivity contribution >= 4 is 11.8 Å². The van der Waals surface area contributed by atoms with E-state index in [1.54, 1.807) is 20.8 Å². The van der Waals surface area contributed by atoms with Crippen LogP contribution in [0.25, 0.3) is 0 Å². The molecule has 0 fully saturated rings. The van der Waals surface area contributed by atoms with Gasteiger partial charge in [0.25, 0.3) is 5.69 Å². The molecule has 0 aliphatic carbocycles. The average Bonchev–Trinajstić information content (AvgIpc) is 2.44. The van der Waals surface area contributed by atoms with Crippen molar-refractivity contribution in [3.8, 4) is 0 Å². The fraction of sp³-hybridized carbons (Fsp3) is 0.562. The van der Waals surface area contributed by atoms with Crippen LogP contribution in [0, 0.1) is 17.0 Å². The summed E-state index contributed by atoms with van der Waals surface area (Å²) >= 11 is 0.